The first-order chi connectivity index (χ1) is 13.1. The van der Waals surface area contributed by atoms with Gasteiger partial charge in [0.1, 0.15) is 0 Å². The number of thioether (sulfide) groups is 1. The van der Waals surface area contributed by atoms with Crippen molar-refractivity contribution in [2.24, 2.45) is 0 Å². The first-order valence-electron chi connectivity index (χ1n) is 8.42. The minimum Gasteiger partial charge on any atom is -0.266 e. The minimum absolute atomic E-state index is 0.133. The third-order valence-electron chi connectivity index (χ3n) is 4.11. The van der Waals surface area contributed by atoms with Crippen LogP contribution in [0.2, 0.25) is 0 Å². The van der Waals surface area contributed by atoms with Crippen LogP contribution in [0.4, 0.5) is 0 Å². The van der Waals surface area contributed by atoms with Gasteiger partial charge in [0.05, 0.1) is 4.53 Å². The Balaban J connectivity index is 1.64. The second kappa shape index (κ2) is 7.50. The highest BCUT2D eigenvalue weighted by Crippen LogP contribution is 2.15. The first-order valence-corrected chi connectivity index (χ1v) is 10.5. The molecule has 0 saturated carbocycles. The topological polar surface area (TPSA) is 47.3 Å². The normalized spacial score (nSPS) is 12.4. The number of aryl methyl sites for hydroxylation is 1. The molecule has 0 fully saturated rings. The Labute approximate surface area is 164 Å². The van der Waals surface area contributed by atoms with E-state index in [2.05, 4.69) is 29.1 Å². The molecule has 0 N–H and O–H groups in total. The molecule has 2 aromatic carbocycles. The van der Waals surface area contributed by atoms with Gasteiger partial charge in [0.25, 0.3) is 5.56 Å². The van der Waals surface area contributed by atoms with Crippen molar-refractivity contribution in [3.63, 3.8) is 0 Å². The summed E-state index contributed by atoms with van der Waals surface area (Å²) in [6.45, 7) is 2.06. The summed E-state index contributed by atoms with van der Waals surface area (Å²) in [6.07, 6.45) is 7.70. The molecular formula is C21H17N3OS2. The molecule has 4 rings (SSSR count). The predicted octanol–water partition coefficient (Wildman–Crippen LogP) is 3.90. The Morgan fingerprint density at radius 1 is 1.00 bits per heavy atom. The summed E-state index contributed by atoms with van der Waals surface area (Å²) in [5.74, 6) is 0.537. The Hall–Kier alpha value is -2.70. The molecule has 0 radical (unpaired) electrons. The monoisotopic (exact) mass is 391 g/mol. The van der Waals surface area contributed by atoms with Gasteiger partial charge in [-0.15, -0.1) is 16.9 Å². The highest BCUT2D eigenvalue weighted by atomic mass is 32.2. The first kappa shape index (κ1) is 17.7. The highest BCUT2D eigenvalue weighted by Gasteiger charge is 2.08. The van der Waals surface area contributed by atoms with E-state index >= 15 is 0 Å². The van der Waals surface area contributed by atoms with Crippen molar-refractivity contribution < 1.29 is 0 Å². The molecule has 134 valence electrons. The summed E-state index contributed by atoms with van der Waals surface area (Å²) in [5, 5.41) is 4.33. The average Bonchev–Trinajstić information content (AvgIpc) is 3.21. The summed E-state index contributed by atoms with van der Waals surface area (Å²) in [4.78, 5) is 18.9. The number of fused-ring (bicyclic) bond motifs is 1. The van der Waals surface area contributed by atoms with Crippen LogP contribution in [0.15, 0.2) is 58.2 Å². The number of nitrogens with zero attached hydrogens (tertiary/aromatic N) is 3. The molecule has 0 spiro atoms. The minimum atomic E-state index is -0.133. The van der Waals surface area contributed by atoms with Crippen molar-refractivity contribution in [2.75, 3.05) is 6.26 Å². The van der Waals surface area contributed by atoms with E-state index in [1.54, 1.807) is 11.8 Å². The zero-order chi connectivity index (χ0) is 18.8. The van der Waals surface area contributed by atoms with Gasteiger partial charge in [-0.3, -0.25) is 4.79 Å². The number of thiazole rings is 1. The van der Waals surface area contributed by atoms with Crippen LogP contribution < -0.4 is 10.1 Å². The van der Waals surface area contributed by atoms with E-state index in [1.807, 2.05) is 60.9 Å². The molecule has 6 heteroatoms. The molecule has 4 nitrogen and oxygen atoms in total. The lowest BCUT2D eigenvalue weighted by atomic mass is 10.1. The maximum Gasteiger partial charge on any atom is 0.291 e. The zero-order valence-electron chi connectivity index (χ0n) is 14.9. The summed E-state index contributed by atoms with van der Waals surface area (Å²) >= 11 is 3.05. The van der Waals surface area contributed by atoms with Crippen LogP contribution in [-0.4, -0.2) is 20.9 Å². The van der Waals surface area contributed by atoms with Crippen molar-refractivity contribution in [1.82, 2.24) is 14.6 Å². The van der Waals surface area contributed by atoms with E-state index in [-0.39, 0.29) is 5.56 Å². The number of rotatable bonds is 4. The van der Waals surface area contributed by atoms with E-state index in [0.29, 0.717) is 15.3 Å². The van der Waals surface area contributed by atoms with Crippen molar-refractivity contribution in [3.8, 4) is 0 Å². The highest BCUT2D eigenvalue weighted by molar-refractivity contribution is 7.98. The summed E-state index contributed by atoms with van der Waals surface area (Å²) < 4.78 is 2.01. The van der Waals surface area contributed by atoms with Crippen molar-refractivity contribution >= 4 is 46.3 Å². The Bertz CT molecular complexity index is 1220. The molecule has 0 aliphatic heterocycles. The summed E-state index contributed by atoms with van der Waals surface area (Å²) in [6, 6.07) is 16.3. The molecule has 0 aliphatic carbocycles. The van der Waals surface area contributed by atoms with E-state index in [4.69, 9.17) is 0 Å². The lowest BCUT2D eigenvalue weighted by Crippen LogP contribution is -2.23. The molecule has 2 heterocycles. The molecule has 4 aromatic rings. The smallest absolute Gasteiger partial charge is 0.266 e. The predicted molar refractivity (Wildman–Crippen MR) is 114 cm³/mol. The molecule has 0 amide bonds. The average molecular weight is 392 g/mol. The zero-order valence-corrected chi connectivity index (χ0v) is 16.6. The van der Waals surface area contributed by atoms with Gasteiger partial charge >= 0.3 is 0 Å². The van der Waals surface area contributed by atoms with Crippen LogP contribution in [0.5, 0.6) is 0 Å². The van der Waals surface area contributed by atoms with Crippen molar-refractivity contribution in [2.45, 2.75) is 11.8 Å². The van der Waals surface area contributed by atoms with E-state index in [0.717, 1.165) is 11.1 Å². The van der Waals surface area contributed by atoms with E-state index < -0.39 is 0 Å². The van der Waals surface area contributed by atoms with Crippen LogP contribution in [0.3, 0.4) is 0 Å². The van der Waals surface area contributed by atoms with Gasteiger partial charge in [0, 0.05) is 4.90 Å². The SMILES string of the molecule is CSc1ccc(/C=c2/sc3nc(/C=C/c4ccc(C)cc4)nn3c2=O)cc1. The van der Waals surface area contributed by atoms with Crippen molar-refractivity contribution in [1.29, 1.82) is 0 Å². The molecular weight excluding hydrogens is 374 g/mol. The van der Waals surface area contributed by atoms with Crippen LogP contribution in [-0.2, 0) is 0 Å². The molecule has 0 aliphatic rings. The van der Waals surface area contributed by atoms with Crippen LogP contribution >= 0.6 is 23.1 Å². The van der Waals surface area contributed by atoms with Crippen LogP contribution in [0, 0.1) is 6.92 Å². The number of hydrogen-bond donors (Lipinski definition) is 0. The summed E-state index contributed by atoms with van der Waals surface area (Å²) in [5.41, 5.74) is 3.15. The fraction of sp³-hybridized carbons (Fsp3) is 0.0952. The van der Waals surface area contributed by atoms with E-state index in [9.17, 15) is 4.79 Å². The molecule has 0 saturated heterocycles. The Morgan fingerprint density at radius 3 is 2.37 bits per heavy atom. The fourth-order valence-corrected chi connectivity index (χ4v) is 3.94. The van der Waals surface area contributed by atoms with Gasteiger partial charge in [0.15, 0.2) is 5.82 Å². The van der Waals surface area contributed by atoms with Gasteiger partial charge in [-0.2, -0.15) is 9.50 Å². The Kier molecular flexibility index (Phi) is 4.92. The van der Waals surface area contributed by atoms with Gasteiger partial charge in [-0.25, -0.2) is 0 Å². The Morgan fingerprint density at radius 2 is 1.70 bits per heavy atom. The molecule has 0 bridgehead atoms. The van der Waals surface area contributed by atoms with Crippen LogP contribution in [0.1, 0.15) is 22.5 Å². The fourth-order valence-electron chi connectivity index (χ4n) is 2.62. The second-order valence-electron chi connectivity index (χ2n) is 6.10. The number of aromatic nitrogens is 3. The number of benzene rings is 2. The van der Waals surface area contributed by atoms with Gasteiger partial charge in [-0.05, 0) is 48.6 Å². The van der Waals surface area contributed by atoms with Gasteiger partial charge in [-0.1, -0.05) is 59.4 Å². The quantitative estimate of drug-likeness (QED) is 0.495. The van der Waals surface area contributed by atoms with Crippen LogP contribution in [0.25, 0.3) is 23.2 Å². The number of hydrogen-bond acceptors (Lipinski definition) is 5. The molecule has 0 unspecified atom stereocenters. The molecule has 0 atom stereocenters. The largest absolute Gasteiger partial charge is 0.291 e. The van der Waals surface area contributed by atoms with Gasteiger partial charge < -0.3 is 0 Å². The maximum absolute atomic E-state index is 12.6. The lowest BCUT2D eigenvalue weighted by molar-refractivity contribution is 0.925. The third kappa shape index (κ3) is 3.86. The standard InChI is InChI=1S/C21H17N3OS2/c1-14-3-5-15(6-4-14)9-12-19-22-21-24(23-19)20(25)18(27-21)13-16-7-10-17(26-2)11-8-16/h3-13H,1-2H3/b12-9+,18-13+. The lowest BCUT2D eigenvalue weighted by Gasteiger charge is -1.95. The molecule has 27 heavy (non-hydrogen) atoms. The van der Waals surface area contributed by atoms with Crippen molar-refractivity contribution in [3.05, 3.63) is 85.9 Å². The maximum atomic E-state index is 12.6. The second-order valence-corrected chi connectivity index (χ2v) is 7.99. The van der Waals surface area contributed by atoms with E-state index in [1.165, 1.54) is 26.3 Å². The molecule has 2 aromatic heterocycles. The summed E-state index contributed by atoms with van der Waals surface area (Å²) in [7, 11) is 0. The van der Waals surface area contributed by atoms with Gasteiger partial charge in [0.2, 0.25) is 4.96 Å². The third-order valence-corrected chi connectivity index (χ3v) is 5.82.